The molecule has 7 aromatic rings. The number of nitrogens with one attached hydrogen (secondary N) is 4. The highest BCUT2D eigenvalue weighted by molar-refractivity contribution is 7.89. The number of hydrogen-bond acceptors (Lipinski definition) is 12. The van der Waals surface area contributed by atoms with Crippen LogP contribution in [-0.4, -0.2) is 119 Å². The van der Waals surface area contributed by atoms with E-state index in [9.17, 15) is 16.8 Å². The quantitative estimate of drug-likeness (QED) is 0.0732. The molecule has 18 heteroatoms. The van der Waals surface area contributed by atoms with Crippen molar-refractivity contribution in [2.24, 2.45) is 0 Å². The van der Waals surface area contributed by atoms with E-state index in [0.29, 0.717) is 69.0 Å². The van der Waals surface area contributed by atoms with Crippen LogP contribution in [0.3, 0.4) is 0 Å². The molecule has 8 bridgehead atoms. The molecule has 16 nitrogen and oxygen atoms in total. The van der Waals surface area contributed by atoms with Crippen LogP contribution in [0.25, 0.3) is 89.7 Å². The van der Waals surface area contributed by atoms with Gasteiger partial charge in [-0.25, -0.2) is 56.2 Å². The number of aromatic amines is 2. The zero-order chi connectivity index (χ0) is 44.6. The summed E-state index contributed by atoms with van der Waals surface area (Å²) in [5, 5.41) is 2.67. The predicted molar refractivity (Wildman–Crippen MR) is 251 cm³/mol. The summed E-state index contributed by atoms with van der Waals surface area (Å²) in [6, 6.07) is 25.1. The number of benzene rings is 4. The highest BCUT2D eigenvalue weighted by Gasteiger charge is 2.26. The number of nitrogens with zero attached hydrogens (tertiary/aromatic N) is 8. The number of hydrogen-bond donors (Lipinski definition) is 4. The van der Waals surface area contributed by atoms with Gasteiger partial charge in [-0.15, -0.1) is 0 Å². The maximum absolute atomic E-state index is 13.8. The van der Waals surface area contributed by atoms with E-state index >= 15 is 0 Å². The molecular formula is C46H50N12O4S2. The minimum atomic E-state index is -3.92. The van der Waals surface area contributed by atoms with Crippen molar-refractivity contribution in [2.75, 3.05) is 52.4 Å². The van der Waals surface area contributed by atoms with Crippen LogP contribution in [0.1, 0.15) is 40.5 Å². The topological polar surface area (TPSA) is 208 Å². The summed E-state index contributed by atoms with van der Waals surface area (Å²) in [4.78, 5) is 41.4. The van der Waals surface area contributed by atoms with Crippen LogP contribution >= 0.6 is 0 Å². The Balaban J connectivity index is 1.24. The Morgan fingerprint density at radius 3 is 1.33 bits per heavy atom. The molecule has 0 aliphatic carbocycles. The minimum absolute atomic E-state index is 0.0618. The van der Waals surface area contributed by atoms with Gasteiger partial charge in [0.1, 0.15) is 22.6 Å². The van der Waals surface area contributed by atoms with E-state index in [1.807, 2.05) is 48.5 Å². The molecule has 0 spiro atoms. The zero-order valence-corrected chi connectivity index (χ0v) is 37.8. The maximum atomic E-state index is 13.8. The maximum Gasteiger partial charge on any atom is 0.240 e. The lowest BCUT2D eigenvalue weighted by Gasteiger charge is -2.17. The van der Waals surface area contributed by atoms with Crippen LogP contribution in [0, 0.1) is 0 Å². The minimum Gasteiger partial charge on any atom is -0.324 e. The van der Waals surface area contributed by atoms with E-state index in [-0.39, 0.29) is 34.5 Å². The van der Waals surface area contributed by atoms with Crippen molar-refractivity contribution in [3.63, 3.8) is 0 Å². The molecule has 330 valence electrons. The molecule has 0 radical (unpaired) electrons. The van der Waals surface area contributed by atoms with E-state index in [1.54, 1.807) is 30.3 Å². The molecule has 0 unspecified atom stereocenters. The molecule has 0 saturated heterocycles. The third kappa shape index (κ3) is 8.39. The first-order valence-corrected chi connectivity index (χ1v) is 24.7. The van der Waals surface area contributed by atoms with Crippen LogP contribution < -0.4 is 9.44 Å². The summed E-state index contributed by atoms with van der Waals surface area (Å²) in [7, 11) is -7.83. The van der Waals surface area contributed by atoms with Gasteiger partial charge >= 0.3 is 0 Å². The molecule has 0 atom stereocenters. The molecule has 0 fully saturated rings. The van der Waals surface area contributed by atoms with E-state index in [1.165, 1.54) is 6.07 Å². The second-order valence-electron chi connectivity index (χ2n) is 15.7. The second kappa shape index (κ2) is 17.9. The summed E-state index contributed by atoms with van der Waals surface area (Å²) in [6.07, 6.45) is 1.31. The predicted octanol–water partition coefficient (Wildman–Crippen LogP) is 6.89. The highest BCUT2D eigenvalue weighted by Crippen LogP contribution is 2.38. The largest absolute Gasteiger partial charge is 0.324 e. The van der Waals surface area contributed by atoms with E-state index < -0.39 is 20.0 Å². The first kappa shape index (κ1) is 43.2. The fourth-order valence-corrected chi connectivity index (χ4v) is 10.4. The van der Waals surface area contributed by atoms with Crippen molar-refractivity contribution < 1.29 is 16.8 Å². The first-order valence-electron chi connectivity index (χ1n) is 21.7. The fourth-order valence-electron chi connectivity index (χ4n) is 8.25. The Bertz CT molecular complexity index is 3310. The summed E-state index contributed by atoms with van der Waals surface area (Å²) < 4.78 is 60.6. The summed E-state index contributed by atoms with van der Waals surface area (Å²) in [5.74, 6) is 1.34. The van der Waals surface area contributed by atoms with Crippen molar-refractivity contribution in [3.8, 4) is 45.6 Å². The molecule has 5 heterocycles. The molecule has 2 aliphatic heterocycles. The van der Waals surface area contributed by atoms with Gasteiger partial charge in [-0.1, -0.05) is 76.2 Å². The average Bonchev–Trinajstić information content (AvgIpc) is 4.04. The summed E-state index contributed by atoms with van der Waals surface area (Å²) in [5.41, 5.74) is 4.24. The Morgan fingerprint density at radius 2 is 0.844 bits per heavy atom. The Morgan fingerprint density at radius 1 is 0.453 bits per heavy atom. The van der Waals surface area contributed by atoms with Crippen molar-refractivity contribution in [3.05, 3.63) is 84.9 Å². The number of rotatable bonds is 16. The first-order chi connectivity index (χ1) is 31.0. The zero-order valence-electron chi connectivity index (χ0n) is 36.2. The average molecular weight is 899 g/mol. The number of sulfonamides is 2. The van der Waals surface area contributed by atoms with Crippen molar-refractivity contribution in [1.82, 2.24) is 59.1 Å². The fraction of sp³-hybridized carbons (Fsp3) is 0.304. The molecule has 0 amide bonds. The van der Waals surface area contributed by atoms with Crippen LogP contribution in [0.2, 0.25) is 0 Å². The SMILES string of the molecule is CCN(CC)CCCNS(=O)(=O)c1ccc2c(c1)-c1nc-2nc2[nH]c(nc3nc(nc4[nH]c(n1)c1ccccc41)-c1ccccc1-3)c1ccc(S(=O)(=O)NCCCN(CC)CC)cc21. The molecule has 64 heavy (non-hydrogen) atoms. The van der Waals surface area contributed by atoms with Crippen LogP contribution in [0.4, 0.5) is 0 Å². The van der Waals surface area contributed by atoms with Gasteiger partial charge in [0.15, 0.2) is 23.3 Å². The van der Waals surface area contributed by atoms with Crippen molar-refractivity contribution >= 4 is 64.2 Å². The van der Waals surface area contributed by atoms with Gasteiger partial charge in [0, 0.05) is 56.9 Å². The van der Waals surface area contributed by atoms with E-state index in [2.05, 4.69) is 56.9 Å². The lowest BCUT2D eigenvalue weighted by atomic mass is 10.1. The van der Waals surface area contributed by atoms with Gasteiger partial charge < -0.3 is 19.8 Å². The molecule has 4 N–H and O–H groups in total. The van der Waals surface area contributed by atoms with Crippen LogP contribution in [0.5, 0.6) is 0 Å². The van der Waals surface area contributed by atoms with Gasteiger partial charge in [-0.2, -0.15) is 0 Å². The number of H-pyrrole nitrogens is 2. The molecule has 9 rings (SSSR count). The molecular weight excluding hydrogens is 849 g/mol. The summed E-state index contributed by atoms with van der Waals surface area (Å²) in [6.45, 7) is 14.0. The third-order valence-electron chi connectivity index (χ3n) is 11.9. The monoisotopic (exact) mass is 898 g/mol. The van der Waals surface area contributed by atoms with Gasteiger partial charge in [-0.05, 0) is 88.5 Å². The standard InChI is InChI=1S/C46H50N12O4S2/c1-5-57(6-2)25-13-23-47-63(59,60)29-19-21-35-37(27-29)46-54-43(35)52-41-32-16-10-9-15-31(32)39(50-41)49-40-33-17-11-12-18-34(33)42(51-40)53-45-38-28-30(20-22-36(38)44(55-45)56-46)64(61,62)48-24-14-26-58(7-3)8-4/h9-12,15-22,27-28,47-48H,5-8,13-14,23-26H2,1-4H3,(H2,49,50,51,52,53,54,55,56). The van der Waals surface area contributed by atoms with Gasteiger partial charge in [0.05, 0.1) is 9.79 Å². The highest BCUT2D eigenvalue weighted by atomic mass is 32.2. The summed E-state index contributed by atoms with van der Waals surface area (Å²) >= 11 is 0. The van der Waals surface area contributed by atoms with Gasteiger partial charge in [0.25, 0.3) is 0 Å². The van der Waals surface area contributed by atoms with Crippen LogP contribution in [0.15, 0.2) is 94.7 Å². The molecule has 0 saturated carbocycles. The lowest BCUT2D eigenvalue weighted by molar-refractivity contribution is 0.300. The van der Waals surface area contributed by atoms with Crippen LogP contribution in [-0.2, 0) is 20.0 Å². The Hall–Kier alpha value is -6.02. The van der Waals surface area contributed by atoms with E-state index in [0.717, 1.165) is 61.2 Å². The van der Waals surface area contributed by atoms with Gasteiger partial charge in [0.2, 0.25) is 20.0 Å². The number of fused-ring (bicyclic) bond motifs is 20. The second-order valence-corrected chi connectivity index (χ2v) is 19.2. The third-order valence-corrected chi connectivity index (χ3v) is 14.8. The molecule has 2 aliphatic rings. The normalized spacial score (nSPS) is 12.7. The van der Waals surface area contributed by atoms with Crippen molar-refractivity contribution in [1.29, 1.82) is 0 Å². The Labute approximate surface area is 371 Å². The van der Waals surface area contributed by atoms with E-state index in [4.69, 9.17) is 29.9 Å². The smallest absolute Gasteiger partial charge is 0.240 e. The van der Waals surface area contributed by atoms with Gasteiger partial charge in [-0.3, -0.25) is 0 Å². The lowest BCUT2D eigenvalue weighted by Crippen LogP contribution is -2.30. The molecule has 3 aromatic heterocycles. The van der Waals surface area contributed by atoms with Crippen molar-refractivity contribution in [2.45, 2.75) is 50.3 Å². The molecule has 4 aromatic carbocycles. The number of aromatic nitrogens is 8. The Kier molecular flexibility index (Phi) is 12.1.